The van der Waals surface area contributed by atoms with Crippen molar-refractivity contribution in [2.45, 2.75) is 52.5 Å². The van der Waals surface area contributed by atoms with Crippen molar-refractivity contribution in [1.82, 2.24) is 14.9 Å². The lowest BCUT2D eigenvalue weighted by molar-refractivity contribution is -0.121. The third-order valence-electron chi connectivity index (χ3n) is 4.02. The normalized spacial score (nSPS) is 12.3. The molecule has 2 aromatic rings. The molecule has 2 rings (SSSR count). The fraction of sp³-hybridized carbons (Fsp3) is 0.500. The first-order valence-corrected chi connectivity index (χ1v) is 8.27. The van der Waals surface area contributed by atoms with E-state index < -0.39 is 0 Å². The molecule has 0 aliphatic carbocycles. The molecule has 5 heteroatoms. The largest absolute Gasteiger partial charge is 0.356 e. The Labute approximate surface area is 137 Å². The van der Waals surface area contributed by atoms with Crippen LogP contribution in [0.2, 0.25) is 0 Å². The van der Waals surface area contributed by atoms with Crippen LogP contribution in [0.15, 0.2) is 24.3 Å². The van der Waals surface area contributed by atoms with E-state index in [1.807, 2.05) is 42.7 Å². The van der Waals surface area contributed by atoms with Gasteiger partial charge in [0.05, 0.1) is 17.1 Å². The van der Waals surface area contributed by atoms with Crippen LogP contribution in [0.5, 0.6) is 0 Å². The lowest BCUT2D eigenvalue weighted by Crippen LogP contribution is -2.24. The minimum atomic E-state index is -0.230. The second kappa shape index (κ2) is 7.90. The number of hydrogen-bond donors (Lipinski definition) is 1. The number of hydrogen-bond acceptors (Lipinski definition) is 3. The monoisotopic (exact) mass is 315 g/mol. The Kier molecular flexibility index (Phi) is 5.90. The van der Waals surface area contributed by atoms with Crippen molar-refractivity contribution in [2.75, 3.05) is 6.54 Å². The highest BCUT2D eigenvalue weighted by Crippen LogP contribution is 2.22. The zero-order chi connectivity index (χ0) is 16.8. The molecule has 0 fully saturated rings. The van der Waals surface area contributed by atoms with Crippen LogP contribution in [-0.4, -0.2) is 27.8 Å². The second-order valence-electron chi connectivity index (χ2n) is 5.88. The molecule has 0 spiro atoms. The van der Waals surface area contributed by atoms with Crippen LogP contribution in [0.4, 0.5) is 0 Å². The minimum Gasteiger partial charge on any atom is -0.356 e. The number of para-hydroxylation sites is 2. The van der Waals surface area contributed by atoms with Crippen LogP contribution in [0.25, 0.3) is 11.0 Å². The van der Waals surface area contributed by atoms with Gasteiger partial charge in [0, 0.05) is 19.4 Å². The number of imidazole rings is 1. The number of carbonyl (C=O) groups is 2. The Morgan fingerprint density at radius 3 is 2.74 bits per heavy atom. The van der Waals surface area contributed by atoms with Crippen LogP contribution in [0.3, 0.4) is 0 Å². The molecule has 1 N–H and O–H groups in total. The molecular formula is C18H25N3O2. The van der Waals surface area contributed by atoms with Gasteiger partial charge in [0.2, 0.25) is 5.91 Å². The molecule has 1 aromatic heterocycles. The third-order valence-corrected chi connectivity index (χ3v) is 4.02. The number of Topliss-reactive ketones (excluding diaryl/α,β-unsaturated/α-hetero) is 1. The summed E-state index contributed by atoms with van der Waals surface area (Å²) >= 11 is 0. The SMILES string of the molecule is CCCC(=O)NCCCc1nc2ccccc2n1C(C)C(C)=O. The summed E-state index contributed by atoms with van der Waals surface area (Å²) in [5, 5.41) is 2.92. The maximum atomic E-state index is 11.8. The minimum absolute atomic E-state index is 0.0955. The highest BCUT2D eigenvalue weighted by Gasteiger charge is 2.18. The van der Waals surface area contributed by atoms with Crippen molar-refractivity contribution in [1.29, 1.82) is 0 Å². The van der Waals surface area contributed by atoms with Gasteiger partial charge in [-0.1, -0.05) is 19.1 Å². The van der Waals surface area contributed by atoms with E-state index >= 15 is 0 Å². The Balaban J connectivity index is 2.11. The molecule has 0 saturated carbocycles. The van der Waals surface area contributed by atoms with Crippen molar-refractivity contribution < 1.29 is 9.59 Å². The summed E-state index contributed by atoms with van der Waals surface area (Å²) in [6, 6.07) is 7.64. The molecule has 1 amide bonds. The van der Waals surface area contributed by atoms with E-state index in [1.54, 1.807) is 6.92 Å². The number of nitrogens with one attached hydrogen (secondary N) is 1. The fourth-order valence-corrected chi connectivity index (χ4v) is 2.67. The Hall–Kier alpha value is -2.17. The van der Waals surface area contributed by atoms with Gasteiger partial charge in [0.25, 0.3) is 0 Å². The Bertz CT molecular complexity index is 691. The van der Waals surface area contributed by atoms with Gasteiger partial charge in [0.1, 0.15) is 5.82 Å². The second-order valence-corrected chi connectivity index (χ2v) is 5.88. The number of rotatable bonds is 8. The number of fused-ring (bicyclic) bond motifs is 1. The average molecular weight is 315 g/mol. The topological polar surface area (TPSA) is 64.0 Å². The highest BCUT2D eigenvalue weighted by atomic mass is 16.1. The molecule has 0 saturated heterocycles. The molecule has 1 atom stereocenters. The summed E-state index contributed by atoms with van der Waals surface area (Å²) < 4.78 is 2.02. The summed E-state index contributed by atoms with van der Waals surface area (Å²) in [6.07, 6.45) is 2.97. The first-order chi connectivity index (χ1) is 11.0. The highest BCUT2D eigenvalue weighted by molar-refractivity contribution is 5.83. The first-order valence-electron chi connectivity index (χ1n) is 8.27. The zero-order valence-corrected chi connectivity index (χ0v) is 14.1. The molecule has 0 bridgehead atoms. The Morgan fingerprint density at radius 1 is 1.30 bits per heavy atom. The van der Waals surface area contributed by atoms with E-state index in [-0.39, 0.29) is 17.7 Å². The average Bonchev–Trinajstić information content (AvgIpc) is 2.89. The zero-order valence-electron chi connectivity index (χ0n) is 14.1. The molecule has 0 aliphatic heterocycles. The summed E-state index contributed by atoms with van der Waals surface area (Å²) in [7, 11) is 0. The van der Waals surface area contributed by atoms with Crippen LogP contribution in [0, 0.1) is 0 Å². The predicted octanol–water partition coefficient (Wildman–Crippen LogP) is 3.04. The van der Waals surface area contributed by atoms with E-state index in [4.69, 9.17) is 0 Å². The predicted molar refractivity (Wildman–Crippen MR) is 91.4 cm³/mol. The van der Waals surface area contributed by atoms with Crippen molar-refractivity contribution in [3.63, 3.8) is 0 Å². The fourth-order valence-electron chi connectivity index (χ4n) is 2.67. The molecular weight excluding hydrogens is 290 g/mol. The number of aryl methyl sites for hydroxylation is 1. The lowest BCUT2D eigenvalue weighted by atomic mass is 10.2. The first kappa shape index (κ1) is 17.2. The van der Waals surface area contributed by atoms with Gasteiger partial charge < -0.3 is 9.88 Å². The molecule has 1 heterocycles. The van der Waals surface area contributed by atoms with E-state index in [9.17, 15) is 9.59 Å². The number of amides is 1. The molecule has 1 aromatic carbocycles. The van der Waals surface area contributed by atoms with Crippen molar-refractivity contribution in [2.24, 2.45) is 0 Å². The van der Waals surface area contributed by atoms with Gasteiger partial charge in [-0.2, -0.15) is 0 Å². The van der Waals surface area contributed by atoms with Gasteiger partial charge in [-0.25, -0.2) is 4.98 Å². The standard InChI is InChI=1S/C18H25N3O2/c1-4-8-18(23)19-12-7-11-17-20-15-9-5-6-10-16(15)21(17)13(2)14(3)22/h5-6,9-10,13H,4,7-8,11-12H2,1-3H3,(H,19,23). The van der Waals surface area contributed by atoms with Crippen LogP contribution >= 0.6 is 0 Å². The Morgan fingerprint density at radius 2 is 2.04 bits per heavy atom. The van der Waals surface area contributed by atoms with Gasteiger partial charge in [-0.15, -0.1) is 0 Å². The van der Waals surface area contributed by atoms with E-state index in [2.05, 4.69) is 10.3 Å². The quantitative estimate of drug-likeness (QED) is 0.762. The van der Waals surface area contributed by atoms with E-state index in [0.717, 1.165) is 36.1 Å². The smallest absolute Gasteiger partial charge is 0.219 e. The number of aromatic nitrogens is 2. The molecule has 1 unspecified atom stereocenters. The van der Waals surface area contributed by atoms with Gasteiger partial charge >= 0.3 is 0 Å². The molecule has 23 heavy (non-hydrogen) atoms. The maximum absolute atomic E-state index is 11.8. The summed E-state index contributed by atoms with van der Waals surface area (Å²) in [5.41, 5.74) is 1.89. The summed E-state index contributed by atoms with van der Waals surface area (Å²) in [4.78, 5) is 28.0. The van der Waals surface area contributed by atoms with Crippen LogP contribution in [0.1, 0.15) is 51.9 Å². The number of ketones is 1. The molecule has 0 radical (unpaired) electrons. The molecule has 5 nitrogen and oxygen atoms in total. The van der Waals surface area contributed by atoms with Crippen molar-refractivity contribution in [3.8, 4) is 0 Å². The number of benzene rings is 1. The van der Waals surface area contributed by atoms with Crippen LogP contribution < -0.4 is 5.32 Å². The van der Waals surface area contributed by atoms with Crippen molar-refractivity contribution in [3.05, 3.63) is 30.1 Å². The third kappa shape index (κ3) is 4.18. The lowest BCUT2D eigenvalue weighted by Gasteiger charge is -2.15. The maximum Gasteiger partial charge on any atom is 0.219 e. The van der Waals surface area contributed by atoms with E-state index in [1.165, 1.54) is 0 Å². The molecule has 0 aliphatic rings. The van der Waals surface area contributed by atoms with Gasteiger partial charge in [-0.3, -0.25) is 9.59 Å². The van der Waals surface area contributed by atoms with Gasteiger partial charge in [-0.05, 0) is 38.8 Å². The summed E-state index contributed by atoms with van der Waals surface area (Å²) in [6.45, 7) is 6.14. The van der Waals surface area contributed by atoms with Gasteiger partial charge in [0.15, 0.2) is 5.78 Å². The summed E-state index contributed by atoms with van der Waals surface area (Å²) in [5.74, 6) is 1.11. The number of nitrogens with zero attached hydrogens (tertiary/aromatic N) is 2. The molecule has 124 valence electrons. The van der Waals surface area contributed by atoms with E-state index in [0.29, 0.717) is 13.0 Å². The number of carbonyl (C=O) groups excluding carboxylic acids is 2. The van der Waals surface area contributed by atoms with Crippen LogP contribution in [-0.2, 0) is 16.0 Å². The van der Waals surface area contributed by atoms with Crippen molar-refractivity contribution >= 4 is 22.7 Å².